The van der Waals surface area contributed by atoms with Gasteiger partial charge >= 0.3 is 11.9 Å². The van der Waals surface area contributed by atoms with Crippen LogP contribution in [0.15, 0.2) is 21.8 Å². The fraction of sp³-hybridized carbons (Fsp3) is 0.455. The third-order valence-electron chi connectivity index (χ3n) is 3.05. The number of carbonyl (C=O) groups is 2. The van der Waals surface area contributed by atoms with E-state index in [0.717, 1.165) is 23.7 Å². The lowest BCUT2D eigenvalue weighted by Crippen LogP contribution is -2.40. The molecule has 1 atom stereocenters. The van der Waals surface area contributed by atoms with E-state index in [9.17, 15) is 18.0 Å². The molecule has 0 amide bonds. The molecule has 2 rings (SSSR count). The number of aliphatic carboxylic acids is 1. The first-order chi connectivity index (χ1) is 9.37. The van der Waals surface area contributed by atoms with E-state index in [1.54, 1.807) is 0 Å². The molecule has 2 heterocycles. The Labute approximate surface area is 115 Å². The van der Waals surface area contributed by atoms with E-state index >= 15 is 0 Å². The van der Waals surface area contributed by atoms with Gasteiger partial charge in [-0.2, -0.15) is 4.31 Å². The maximum absolute atomic E-state index is 12.3. The molecular weight excluding hydrogens is 290 g/mol. The summed E-state index contributed by atoms with van der Waals surface area (Å²) in [7, 11) is -2.92. The standard InChI is InChI=1S/C11H13NO7S/c1-18-11(15)7-5-9(19-6-7)20(16,17)12-4-2-3-8(12)10(13)14/h5-6,8H,2-4H2,1H3,(H,13,14)/t8-/m1/s1. The minimum absolute atomic E-state index is 0.0443. The Morgan fingerprint density at radius 3 is 2.80 bits per heavy atom. The molecule has 0 unspecified atom stereocenters. The number of carboxylic acids is 1. The van der Waals surface area contributed by atoms with Crippen molar-refractivity contribution in [2.24, 2.45) is 0 Å². The highest BCUT2D eigenvalue weighted by molar-refractivity contribution is 7.89. The summed E-state index contributed by atoms with van der Waals surface area (Å²) in [6, 6.07) is -0.0787. The minimum atomic E-state index is -4.08. The number of furan rings is 1. The zero-order valence-corrected chi connectivity index (χ0v) is 11.4. The van der Waals surface area contributed by atoms with Gasteiger partial charge in [-0.3, -0.25) is 4.79 Å². The van der Waals surface area contributed by atoms with Crippen molar-refractivity contribution in [2.75, 3.05) is 13.7 Å². The Kier molecular flexibility index (Phi) is 3.82. The van der Waals surface area contributed by atoms with E-state index in [1.807, 2.05) is 0 Å². The topological polar surface area (TPSA) is 114 Å². The summed E-state index contributed by atoms with van der Waals surface area (Å²) in [5, 5.41) is 8.55. The van der Waals surface area contributed by atoms with Crippen LogP contribution in [-0.4, -0.2) is 49.5 Å². The van der Waals surface area contributed by atoms with Crippen molar-refractivity contribution in [3.8, 4) is 0 Å². The number of carbonyl (C=O) groups excluding carboxylic acids is 1. The highest BCUT2D eigenvalue weighted by Gasteiger charge is 2.41. The number of methoxy groups -OCH3 is 1. The smallest absolute Gasteiger partial charge is 0.341 e. The number of rotatable bonds is 4. The van der Waals surface area contributed by atoms with Crippen LogP contribution < -0.4 is 0 Å². The van der Waals surface area contributed by atoms with Crippen LogP contribution in [0, 0.1) is 0 Å². The van der Waals surface area contributed by atoms with Crippen molar-refractivity contribution in [3.05, 3.63) is 17.9 Å². The van der Waals surface area contributed by atoms with Crippen LogP contribution in [0.25, 0.3) is 0 Å². The molecule has 110 valence electrons. The monoisotopic (exact) mass is 303 g/mol. The average molecular weight is 303 g/mol. The Balaban J connectivity index is 2.33. The fourth-order valence-electron chi connectivity index (χ4n) is 2.07. The first kappa shape index (κ1) is 14.5. The maximum Gasteiger partial charge on any atom is 0.341 e. The molecule has 0 aliphatic carbocycles. The zero-order chi connectivity index (χ0) is 14.9. The average Bonchev–Trinajstić information content (AvgIpc) is 3.06. The highest BCUT2D eigenvalue weighted by Crippen LogP contribution is 2.27. The van der Waals surface area contributed by atoms with Gasteiger partial charge in [0.2, 0.25) is 5.09 Å². The van der Waals surface area contributed by atoms with Gasteiger partial charge in [-0.1, -0.05) is 0 Å². The van der Waals surface area contributed by atoms with Crippen LogP contribution >= 0.6 is 0 Å². The number of sulfonamides is 1. The van der Waals surface area contributed by atoms with Gasteiger partial charge < -0.3 is 14.3 Å². The Morgan fingerprint density at radius 2 is 2.20 bits per heavy atom. The van der Waals surface area contributed by atoms with Crippen LogP contribution in [0.5, 0.6) is 0 Å². The van der Waals surface area contributed by atoms with Crippen molar-refractivity contribution in [3.63, 3.8) is 0 Å². The van der Waals surface area contributed by atoms with E-state index in [2.05, 4.69) is 4.74 Å². The molecule has 0 aromatic carbocycles. The third kappa shape index (κ3) is 2.41. The largest absolute Gasteiger partial charge is 0.480 e. The molecular formula is C11H13NO7S. The molecule has 0 bridgehead atoms. The van der Waals surface area contributed by atoms with Gasteiger partial charge in [0.05, 0.1) is 12.7 Å². The van der Waals surface area contributed by atoms with Gasteiger partial charge in [0.25, 0.3) is 10.0 Å². The summed E-state index contributed by atoms with van der Waals surface area (Å²) in [5.74, 6) is -1.93. The number of ether oxygens (including phenoxy) is 1. The van der Waals surface area contributed by atoms with Gasteiger partial charge in [0.1, 0.15) is 12.3 Å². The summed E-state index contributed by atoms with van der Waals surface area (Å²) in [6.07, 6.45) is 1.67. The predicted octanol–water partition coefficient (Wildman–Crippen LogP) is 0.304. The Bertz CT molecular complexity index is 633. The normalized spacial score (nSPS) is 19.9. The molecule has 1 aromatic rings. The highest BCUT2D eigenvalue weighted by atomic mass is 32.2. The lowest BCUT2D eigenvalue weighted by molar-refractivity contribution is -0.140. The number of carboxylic acid groups (broad SMARTS) is 1. The van der Waals surface area contributed by atoms with Crippen LogP contribution in [0.1, 0.15) is 23.2 Å². The molecule has 1 fully saturated rings. The van der Waals surface area contributed by atoms with Crippen LogP contribution in [0.4, 0.5) is 0 Å². The molecule has 0 spiro atoms. The predicted molar refractivity (Wildman–Crippen MR) is 64.6 cm³/mol. The van der Waals surface area contributed by atoms with Crippen molar-refractivity contribution in [1.29, 1.82) is 0 Å². The molecule has 0 radical (unpaired) electrons. The Morgan fingerprint density at radius 1 is 1.50 bits per heavy atom. The quantitative estimate of drug-likeness (QED) is 0.796. The second-order valence-corrected chi connectivity index (χ2v) is 6.08. The molecule has 1 aliphatic rings. The molecule has 20 heavy (non-hydrogen) atoms. The van der Waals surface area contributed by atoms with Crippen molar-refractivity contribution >= 4 is 22.0 Å². The number of nitrogens with zero attached hydrogens (tertiary/aromatic N) is 1. The van der Waals surface area contributed by atoms with Crippen molar-refractivity contribution < 1.29 is 32.3 Å². The van der Waals surface area contributed by atoms with E-state index in [0.29, 0.717) is 6.42 Å². The van der Waals surface area contributed by atoms with Crippen LogP contribution in [0.3, 0.4) is 0 Å². The van der Waals surface area contributed by atoms with Crippen LogP contribution in [-0.2, 0) is 19.6 Å². The molecule has 1 aromatic heterocycles. The van der Waals surface area contributed by atoms with Crippen molar-refractivity contribution in [1.82, 2.24) is 4.31 Å². The summed E-state index contributed by atoms with van der Waals surface area (Å²) in [4.78, 5) is 22.3. The van der Waals surface area contributed by atoms with Gasteiger partial charge in [-0.05, 0) is 12.8 Å². The van der Waals surface area contributed by atoms with Gasteiger partial charge in [-0.15, -0.1) is 0 Å². The second kappa shape index (κ2) is 5.25. The SMILES string of the molecule is COC(=O)c1coc(S(=O)(=O)N2CCC[C@@H]2C(=O)O)c1. The lowest BCUT2D eigenvalue weighted by Gasteiger charge is -2.19. The summed E-state index contributed by atoms with van der Waals surface area (Å²) < 4.78 is 34.8. The molecule has 1 N–H and O–H groups in total. The van der Waals surface area contributed by atoms with E-state index < -0.39 is 33.1 Å². The lowest BCUT2D eigenvalue weighted by atomic mass is 10.2. The van der Waals surface area contributed by atoms with Crippen LogP contribution in [0.2, 0.25) is 0 Å². The minimum Gasteiger partial charge on any atom is -0.480 e. The molecule has 8 nitrogen and oxygen atoms in total. The number of hydrogen-bond acceptors (Lipinski definition) is 6. The Hall–Kier alpha value is -1.87. The van der Waals surface area contributed by atoms with Crippen molar-refractivity contribution in [2.45, 2.75) is 24.0 Å². The van der Waals surface area contributed by atoms with E-state index in [-0.39, 0.29) is 18.5 Å². The first-order valence-corrected chi connectivity index (χ1v) is 7.23. The van der Waals surface area contributed by atoms with Gasteiger partial charge in [0.15, 0.2) is 0 Å². The molecule has 1 aliphatic heterocycles. The number of esters is 1. The maximum atomic E-state index is 12.3. The fourth-order valence-corrected chi connectivity index (χ4v) is 3.64. The zero-order valence-electron chi connectivity index (χ0n) is 10.6. The summed E-state index contributed by atoms with van der Waals surface area (Å²) in [5.41, 5.74) is -0.0443. The first-order valence-electron chi connectivity index (χ1n) is 5.79. The van der Waals surface area contributed by atoms with Gasteiger partial charge in [0, 0.05) is 12.6 Å². The summed E-state index contributed by atoms with van der Waals surface area (Å²) in [6.45, 7) is 0.105. The molecule has 1 saturated heterocycles. The van der Waals surface area contributed by atoms with E-state index in [4.69, 9.17) is 9.52 Å². The summed E-state index contributed by atoms with van der Waals surface area (Å²) >= 11 is 0. The van der Waals surface area contributed by atoms with Gasteiger partial charge in [-0.25, -0.2) is 13.2 Å². The molecule has 9 heteroatoms. The van der Waals surface area contributed by atoms with E-state index in [1.165, 1.54) is 0 Å². The molecule has 0 saturated carbocycles. The number of hydrogen-bond donors (Lipinski definition) is 1. The second-order valence-electron chi connectivity index (χ2n) is 4.26. The third-order valence-corrected chi connectivity index (χ3v) is 4.83.